The SMILES string of the molecule is Cc1ccc(C)c(C2(N)CC(C)CCC2C)c1. The van der Waals surface area contributed by atoms with Crippen molar-refractivity contribution in [2.75, 3.05) is 0 Å². The lowest BCUT2D eigenvalue weighted by Gasteiger charge is -2.43. The molecule has 17 heavy (non-hydrogen) atoms. The molecule has 0 spiro atoms. The first kappa shape index (κ1) is 12.6. The lowest BCUT2D eigenvalue weighted by atomic mass is 9.66. The third kappa shape index (κ3) is 2.26. The van der Waals surface area contributed by atoms with Crippen molar-refractivity contribution >= 4 is 0 Å². The first-order valence-electron chi connectivity index (χ1n) is 6.80. The molecular weight excluding hydrogens is 206 g/mol. The van der Waals surface area contributed by atoms with Gasteiger partial charge in [-0.15, -0.1) is 0 Å². The van der Waals surface area contributed by atoms with Crippen LogP contribution in [-0.4, -0.2) is 0 Å². The summed E-state index contributed by atoms with van der Waals surface area (Å²) in [7, 11) is 0. The maximum Gasteiger partial charge on any atom is 0.0440 e. The highest BCUT2D eigenvalue weighted by atomic mass is 14.8. The minimum Gasteiger partial charge on any atom is -0.321 e. The minimum atomic E-state index is -0.117. The van der Waals surface area contributed by atoms with E-state index in [0.717, 1.165) is 12.3 Å². The van der Waals surface area contributed by atoms with Crippen LogP contribution in [-0.2, 0) is 5.54 Å². The van der Waals surface area contributed by atoms with E-state index in [1.54, 1.807) is 0 Å². The van der Waals surface area contributed by atoms with Gasteiger partial charge >= 0.3 is 0 Å². The quantitative estimate of drug-likeness (QED) is 0.779. The van der Waals surface area contributed by atoms with Crippen LogP contribution in [0.1, 0.15) is 49.8 Å². The number of aryl methyl sites for hydroxylation is 2. The standard InChI is InChI=1S/C16H25N/c1-11-5-7-13(3)15(9-11)16(17)10-12(2)6-8-14(16)4/h5,7,9,12,14H,6,8,10,17H2,1-4H3. The summed E-state index contributed by atoms with van der Waals surface area (Å²) in [6.45, 7) is 8.99. The molecule has 0 bridgehead atoms. The molecule has 0 saturated heterocycles. The molecule has 1 aliphatic carbocycles. The van der Waals surface area contributed by atoms with Crippen LogP contribution in [0.2, 0.25) is 0 Å². The van der Waals surface area contributed by atoms with Crippen molar-refractivity contribution in [2.45, 2.75) is 52.5 Å². The number of hydrogen-bond acceptors (Lipinski definition) is 1. The van der Waals surface area contributed by atoms with Gasteiger partial charge in [0.2, 0.25) is 0 Å². The highest BCUT2D eigenvalue weighted by Gasteiger charge is 2.39. The van der Waals surface area contributed by atoms with Gasteiger partial charge in [0, 0.05) is 5.54 Å². The van der Waals surface area contributed by atoms with E-state index in [1.807, 2.05) is 0 Å². The largest absolute Gasteiger partial charge is 0.321 e. The topological polar surface area (TPSA) is 26.0 Å². The third-order valence-corrected chi connectivity index (χ3v) is 4.55. The zero-order valence-electron chi connectivity index (χ0n) is 11.6. The van der Waals surface area contributed by atoms with Gasteiger partial charge in [0.05, 0.1) is 0 Å². The number of rotatable bonds is 1. The molecule has 0 amide bonds. The van der Waals surface area contributed by atoms with Crippen LogP contribution in [0.4, 0.5) is 0 Å². The number of hydrogen-bond donors (Lipinski definition) is 1. The summed E-state index contributed by atoms with van der Waals surface area (Å²) in [6.07, 6.45) is 3.70. The lowest BCUT2D eigenvalue weighted by molar-refractivity contribution is 0.161. The first-order chi connectivity index (χ1) is 7.93. The summed E-state index contributed by atoms with van der Waals surface area (Å²) in [5.74, 6) is 1.33. The summed E-state index contributed by atoms with van der Waals surface area (Å²) in [5.41, 5.74) is 10.7. The summed E-state index contributed by atoms with van der Waals surface area (Å²) in [4.78, 5) is 0. The Balaban J connectivity index is 2.45. The van der Waals surface area contributed by atoms with Crippen LogP contribution < -0.4 is 5.73 Å². The Morgan fingerprint density at radius 2 is 1.88 bits per heavy atom. The average Bonchev–Trinajstić information content (AvgIpc) is 2.27. The van der Waals surface area contributed by atoms with Crippen LogP contribution in [0.3, 0.4) is 0 Å². The first-order valence-corrected chi connectivity index (χ1v) is 6.80. The maximum absolute atomic E-state index is 6.78. The zero-order chi connectivity index (χ0) is 12.6. The summed E-state index contributed by atoms with van der Waals surface area (Å²) < 4.78 is 0. The molecule has 0 radical (unpaired) electrons. The van der Waals surface area contributed by atoms with Gasteiger partial charge in [0.25, 0.3) is 0 Å². The highest BCUT2D eigenvalue weighted by molar-refractivity contribution is 5.37. The molecule has 94 valence electrons. The molecule has 2 rings (SSSR count). The molecule has 3 unspecified atom stereocenters. The molecule has 1 aliphatic rings. The van der Waals surface area contributed by atoms with Crippen LogP contribution >= 0.6 is 0 Å². The molecule has 0 heterocycles. The highest BCUT2D eigenvalue weighted by Crippen LogP contribution is 2.43. The Hall–Kier alpha value is -0.820. The van der Waals surface area contributed by atoms with Gasteiger partial charge in [0.15, 0.2) is 0 Å². The molecule has 0 aliphatic heterocycles. The van der Waals surface area contributed by atoms with Crippen LogP contribution in [0.5, 0.6) is 0 Å². The predicted molar refractivity (Wildman–Crippen MR) is 74.0 cm³/mol. The molecule has 1 nitrogen and oxygen atoms in total. The van der Waals surface area contributed by atoms with E-state index in [1.165, 1.54) is 29.5 Å². The maximum atomic E-state index is 6.78. The number of nitrogens with two attached hydrogens (primary N) is 1. The second-order valence-corrected chi connectivity index (χ2v) is 6.15. The Morgan fingerprint density at radius 1 is 1.18 bits per heavy atom. The van der Waals surface area contributed by atoms with Crippen molar-refractivity contribution in [1.82, 2.24) is 0 Å². The molecule has 2 N–H and O–H groups in total. The van der Waals surface area contributed by atoms with Gasteiger partial charge < -0.3 is 5.73 Å². The zero-order valence-corrected chi connectivity index (χ0v) is 11.6. The molecule has 1 heteroatoms. The van der Waals surface area contributed by atoms with Crippen molar-refractivity contribution in [3.05, 3.63) is 34.9 Å². The molecule has 1 fully saturated rings. The smallest absolute Gasteiger partial charge is 0.0440 e. The van der Waals surface area contributed by atoms with Crippen LogP contribution in [0, 0.1) is 25.7 Å². The van der Waals surface area contributed by atoms with Crippen LogP contribution in [0.25, 0.3) is 0 Å². The van der Waals surface area contributed by atoms with Gasteiger partial charge in [-0.3, -0.25) is 0 Å². The summed E-state index contributed by atoms with van der Waals surface area (Å²) >= 11 is 0. The molecular formula is C16H25N. The monoisotopic (exact) mass is 231 g/mol. The van der Waals surface area contributed by atoms with Gasteiger partial charge in [-0.2, -0.15) is 0 Å². The van der Waals surface area contributed by atoms with E-state index >= 15 is 0 Å². The molecule has 1 saturated carbocycles. The van der Waals surface area contributed by atoms with E-state index in [-0.39, 0.29) is 5.54 Å². The second kappa shape index (κ2) is 4.45. The van der Waals surface area contributed by atoms with Gasteiger partial charge in [-0.25, -0.2) is 0 Å². The van der Waals surface area contributed by atoms with Crippen LogP contribution in [0.15, 0.2) is 18.2 Å². The van der Waals surface area contributed by atoms with E-state index < -0.39 is 0 Å². The van der Waals surface area contributed by atoms with Crippen molar-refractivity contribution in [3.8, 4) is 0 Å². The van der Waals surface area contributed by atoms with Gasteiger partial charge in [-0.05, 0) is 49.7 Å². The summed E-state index contributed by atoms with van der Waals surface area (Å²) in [6, 6.07) is 6.69. The fraction of sp³-hybridized carbons (Fsp3) is 0.625. The van der Waals surface area contributed by atoms with Gasteiger partial charge in [0.1, 0.15) is 0 Å². The van der Waals surface area contributed by atoms with Crippen molar-refractivity contribution in [1.29, 1.82) is 0 Å². The average molecular weight is 231 g/mol. The molecule has 1 aromatic carbocycles. The molecule has 1 aromatic rings. The normalized spacial score (nSPS) is 33.7. The Labute approximate surface area is 105 Å². The Morgan fingerprint density at radius 3 is 2.59 bits per heavy atom. The van der Waals surface area contributed by atoms with E-state index in [9.17, 15) is 0 Å². The lowest BCUT2D eigenvalue weighted by Crippen LogP contribution is -2.47. The van der Waals surface area contributed by atoms with Crippen molar-refractivity contribution < 1.29 is 0 Å². The second-order valence-electron chi connectivity index (χ2n) is 6.15. The third-order valence-electron chi connectivity index (χ3n) is 4.55. The van der Waals surface area contributed by atoms with E-state index in [2.05, 4.69) is 45.9 Å². The van der Waals surface area contributed by atoms with Gasteiger partial charge in [-0.1, -0.05) is 44.0 Å². The molecule has 3 atom stereocenters. The fourth-order valence-corrected chi connectivity index (χ4v) is 3.28. The fourth-order valence-electron chi connectivity index (χ4n) is 3.28. The number of benzene rings is 1. The minimum absolute atomic E-state index is 0.117. The van der Waals surface area contributed by atoms with Crippen molar-refractivity contribution in [2.24, 2.45) is 17.6 Å². The molecule has 0 aromatic heterocycles. The summed E-state index contributed by atoms with van der Waals surface area (Å²) in [5, 5.41) is 0. The Kier molecular flexibility index (Phi) is 3.31. The van der Waals surface area contributed by atoms with Crippen molar-refractivity contribution in [3.63, 3.8) is 0 Å². The van der Waals surface area contributed by atoms with E-state index in [4.69, 9.17) is 5.73 Å². The predicted octanol–water partition coefficient (Wildman–Crippen LogP) is 3.91. The Bertz CT molecular complexity index is 410. The van der Waals surface area contributed by atoms with E-state index in [0.29, 0.717) is 5.92 Å².